The lowest BCUT2D eigenvalue weighted by atomic mass is 9.95. The quantitative estimate of drug-likeness (QED) is 0.748. The number of rotatable bonds is 8. The van der Waals surface area contributed by atoms with E-state index in [2.05, 4.69) is 55.7 Å². The molecule has 0 aromatic heterocycles. The van der Waals surface area contributed by atoms with E-state index in [0.717, 1.165) is 23.5 Å². The first-order valence-corrected chi connectivity index (χ1v) is 9.54. The number of hydrogen-bond acceptors (Lipinski definition) is 4. The van der Waals surface area contributed by atoms with Crippen LogP contribution in [0.25, 0.3) is 0 Å². The smallest absolute Gasteiger partial charge is 0.234 e. The number of carbonyl (C=O) groups is 1. The fraction of sp³-hybridized carbons (Fsp3) is 0.409. The molecule has 2 N–H and O–H groups in total. The highest BCUT2D eigenvalue weighted by atomic mass is 16.7. The Labute approximate surface area is 161 Å². The fourth-order valence-corrected chi connectivity index (χ4v) is 3.22. The van der Waals surface area contributed by atoms with Gasteiger partial charge in [0.25, 0.3) is 0 Å². The standard InChI is InChI=1S/C22H28N2O3/c1-4-16-5-8-18(9-6-16)22(15(2)3)24-13-21(25)23-12-17-7-10-19-20(11-17)27-14-26-19/h5-11,15,22,24H,4,12-14H2,1-3H3,(H,23,25)/t22-/m0/s1. The lowest BCUT2D eigenvalue weighted by molar-refractivity contribution is -0.120. The summed E-state index contributed by atoms with van der Waals surface area (Å²) < 4.78 is 10.7. The monoisotopic (exact) mass is 368 g/mol. The molecule has 0 unspecified atom stereocenters. The molecular formula is C22H28N2O3. The van der Waals surface area contributed by atoms with Crippen LogP contribution in [-0.4, -0.2) is 19.2 Å². The molecule has 2 aromatic carbocycles. The molecule has 0 aliphatic carbocycles. The zero-order valence-electron chi connectivity index (χ0n) is 16.2. The van der Waals surface area contributed by atoms with Crippen LogP contribution in [0.1, 0.15) is 43.5 Å². The zero-order valence-corrected chi connectivity index (χ0v) is 16.2. The Morgan fingerprint density at radius 1 is 1.04 bits per heavy atom. The van der Waals surface area contributed by atoms with Crippen LogP contribution in [-0.2, 0) is 17.8 Å². The Bertz CT molecular complexity index is 772. The lowest BCUT2D eigenvalue weighted by Crippen LogP contribution is -2.37. The van der Waals surface area contributed by atoms with Crippen LogP contribution in [0, 0.1) is 5.92 Å². The highest BCUT2D eigenvalue weighted by molar-refractivity contribution is 5.78. The molecule has 0 fully saturated rings. The van der Waals surface area contributed by atoms with Crippen molar-refractivity contribution in [3.8, 4) is 11.5 Å². The van der Waals surface area contributed by atoms with Crippen LogP contribution in [0.2, 0.25) is 0 Å². The first-order valence-electron chi connectivity index (χ1n) is 9.54. The van der Waals surface area contributed by atoms with Gasteiger partial charge < -0.3 is 20.1 Å². The van der Waals surface area contributed by atoms with Gasteiger partial charge in [0.05, 0.1) is 6.54 Å². The second-order valence-electron chi connectivity index (χ2n) is 7.16. The average Bonchev–Trinajstić information content (AvgIpc) is 3.14. The third-order valence-electron chi connectivity index (χ3n) is 4.82. The van der Waals surface area contributed by atoms with Gasteiger partial charge in [-0.1, -0.05) is 51.1 Å². The SMILES string of the molecule is CCc1ccc([C@@H](NCC(=O)NCc2ccc3c(c2)OCO3)C(C)C)cc1. The minimum absolute atomic E-state index is 0.0245. The maximum absolute atomic E-state index is 12.3. The molecule has 27 heavy (non-hydrogen) atoms. The Morgan fingerprint density at radius 2 is 1.74 bits per heavy atom. The molecule has 5 nitrogen and oxygen atoms in total. The summed E-state index contributed by atoms with van der Waals surface area (Å²) in [4.78, 5) is 12.3. The summed E-state index contributed by atoms with van der Waals surface area (Å²) in [6, 6.07) is 14.5. The summed E-state index contributed by atoms with van der Waals surface area (Å²) in [7, 11) is 0. The molecule has 0 saturated heterocycles. The van der Waals surface area contributed by atoms with E-state index >= 15 is 0 Å². The predicted molar refractivity (Wildman–Crippen MR) is 106 cm³/mol. The highest BCUT2D eigenvalue weighted by Gasteiger charge is 2.17. The number of ether oxygens (including phenoxy) is 2. The third kappa shape index (κ3) is 5.01. The van der Waals surface area contributed by atoms with Gasteiger partial charge in [0.15, 0.2) is 11.5 Å². The third-order valence-corrected chi connectivity index (χ3v) is 4.82. The van der Waals surface area contributed by atoms with Gasteiger partial charge >= 0.3 is 0 Å². The summed E-state index contributed by atoms with van der Waals surface area (Å²) in [6.07, 6.45) is 1.03. The summed E-state index contributed by atoms with van der Waals surface area (Å²) in [5, 5.41) is 6.35. The van der Waals surface area contributed by atoms with Crippen LogP contribution in [0.4, 0.5) is 0 Å². The van der Waals surface area contributed by atoms with E-state index in [9.17, 15) is 4.79 Å². The maximum Gasteiger partial charge on any atom is 0.234 e. The summed E-state index contributed by atoms with van der Waals surface area (Å²) >= 11 is 0. The van der Waals surface area contributed by atoms with Crippen molar-refractivity contribution in [3.05, 3.63) is 59.2 Å². The molecule has 1 aliphatic heterocycles. The van der Waals surface area contributed by atoms with Crippen LogP contribution in [0.5, 0.6) is 11.5 Å². The Balaban J connectivity index is 1.51. The van der Waals surface area contributed by atoms with E-state index < -0.39 is 0 Å². The van der Waals surface area contributed by atoms with Crippen molar-refractivity contribution in [2.75, 3.05) is 13.3 Å². The van der Waals surface area contributed by atoms with Gasteiger partial charge in [-0.15, -0.1) is 0 Å². The summed E-state index contributed by atoms with van der Waals surface area (Å²) in [5.74, 6) is 1.85. The van der Waals surface area contributed by atoms with Gasteiger partial charge in [0, 0.05) is 12.6 Å². The summed E-state index contributed by atoms with van der Waals surface area (Å²) in [5.41, 5.74) is 3.52. The lowest BCUT2D eigenvalue weighted by Gasteiger charge is -2.23. The molecule has 0 radical (unpaired) electrons. The first-order chi connectivity index (χ1) is 13.1. The van der Waals surface area contributed by atoms with Gasteiger partial charge in [-0.2, -0.15) is 0 Å². The molecule has 5 heteroatoms. The molecule has 1 atom stereocenters. The molecule has 1 aliphatic rings. The molecule has 1 amide bonds. The predicted octanol–water partition coefficient (Wildman–Crippen LogP) is 3.58. The van der Waals surface area contributed by atoms with Gasteiger partial charge in [-0.05, 0) is 41.2 Å². The van der Waals surface area contributed by atoms with E-state index in [1.165, 1.54) is 11.1 Å². The van der Waals surface area contributed by atoms with Gasteiger partial charge in [-0.3, -0.25) is 4.79 Å². The Morgan fingerprint density at radius 3 is 2.44 bits per heavy atom. The van der Waals surface area contributed by atoms with Crippen LogP contribution in [0.15, 0.2) is 42.5 Å². The maximum atomic E-state index is 12.3. The van der Waals surface area contributed by atoms with Crippen molar-refractivity contribution in [1.29, 1.82) is 0 Å². The topological polar surface area (TPSA) is 59.6 Å². The van der Waals surface area contributed by atoms with E-state index in [4.69, 9.17) is 9.47 Å². The zero-order chi connectivity index (χ0) is 19.2. The van der Waals surface area contributed by atoms with Crippen LogP contribution in [0.3, 0.4) is 0 Å². The van der Waals surface area contributed by atoms with Crippen LogP contribution >= 0.6 is 0 Å². The minimum atomic E-state index is -0.0245. The van der Waals surface area contributed by atoms with E-state index in [0.29, 0.717) is 12.5 Å². The Hall–Kier alpha value is -2.53. The van der Waals surface area contributed by atoms with Crippen molar-refractivity contribution >= 4 is 5.91 Å². The molecule has 3 rings (SSSR count). The van der Waals surface area contributed by atoms with Gasteiger partial charge in [0.2, 0.25) is 12.7 Å². The fourth-order valence-electron chi connectivity index (χ4n) is 3.22. The van der Waals surface area contributed by atoms with Gasteiger partial charge in [0.1, 0.15) is 0 Å². The summed E-state index contributed by atoms with van der Waals surface area (Å²) in [6.45, 7) is 7.48. The number of fused-ring (bicyclic) bond motifs is 1. The van der Waals surface area contributed by atoms with Crippen molar-refractivity contribution in [1.82, 2.24) is 10.6 Å². The van der Waals surface area contributed by atoms with Crippen molar-refractivity contribution in [2.24, 2.45) is 5.92 Å². The minimum Gasteiger partial charge on any atom is -0.454 e. The van der Waals surface area contributed by atoms with Crippen molar-refractivity contribution in [2.45, 2.75) is 39.8 Å². The highest BCUT2D eigenvalue weighted by Crippen LogP contribution is 2.32. The van der Waals surface area contributed by atoms with Gasteiger partial charge in [-0.25, -0.2) is 0 Å². The number of hydrogen-bond donors (Lipinski definition) is 2. The Kier molecular flexibility index (Phi) is 6.35. The number of aryl methyl sites for hydroxylation is 1. The molecule has 0 saturated carbocycles. The van der Waals surface area contributed by atoms with Crippen LogP contribution < -0.4 is 20.1 Å². The number of benzene rings is 2. The molecule has 1 heterocycles. The largest absolute Gasteiger partial charge is 0.454 e. The second kappa shape index (κ2) is 8.91. The first kappa shape index (κ1) is 19.2. The molecule has 0 spiro atoms. The van der Waals surface area contributed by atoms with E-state index in [1.807, 2.05) is 18.2 Å². The molecule has 2 aromatic rings. The van der Waals surface area contributed by atoms with Crippen molar-refractivity contribution < 1.29 is 14.3 Å². The average molecular weight is 368 g/mol. The van der Waals surface area contributed by atoms with E-state index in [-0.39, 0.29) is 25.3 Å². The number of nitrogens with one attached hydrogen (secondary N) is 2. The normalized spacial score (nSPS) is 13.6. The number of amides is 1. The number of carbonyl (C=O) groups excluding carboxylic acids is 1. The molecular weight excluding hydrogens is 340 g/mol. The molecule has 144 valence electrons. The second-order valence-corrected chi connectivity index (χ2v) is 7.16. The van der Waals surface area contributed by atoms with Crippen molar-refractivity contribution in [3.63, 3.8) is 0 Å². The van der Waals surface area contributed by atoms with E-state index in [1.54, 1.807) is 0 Å². The molecule has 0 bridgehead atoms.